The Balaban J connectivity index is 2.21. The first-order valence-electron chi connectivity index (χ1n) is 7.22. The quantitative estimate of drug-likeness (QED) is 0.754. The van der Waals surface area contributed by atoms with Crippen molar-refractivity contribution in [1.29, 1.82) is 0 Å². The van der Waals surface area contributed by atoms with Gasteiger partial charge in [-0.2, -0.15) is 0 Å². The summed E-state index contributed by atoms with van der Waals surface area (Å²) in [5.74, 6) is 1.73. The van der Waals surface area contributed by atoms with Crippen molar-refractivity contribution in [2.24, 2.45) is 17.6 Å². The Morgan fingerprint density at radius 2 is 2.06 bits per heavy atom. The average molecular weight is 226 g/mol. The highest BCUT2D eigenvalue weighted by molar-refractivity contribution is 4.70. The van der Waals surface area contributed by atoms with Crippen LogP contribution in [0.15, 0.2) is 0 Å². The zero-order chi connectivity index (χ0) is 11.8. The van der Waals surface area contributed by atoms with Crippen LogP contribution in [0, 0.1) is 11.8 Å². The van der Waals surface area contributed by atoms with Crippen molar-refractivity contribution in [3.63, 3.8) is 0 Å². The molecule has 0 spiro atoms. The van der Waals surface area contributed by atoms with Crippen LogP contribution in [-0.2, 0) is 0 Å². The molecule has 2 N–H and O–H groups in total. The predicted octanol–water partition coefficient (Wildman–Crippen LogP) is 2.87. The molecule has 1 rings (SSSR count). The predicted molar refractivity (Wildman–Crippen MR) is 71.5 cm³/mol. The highest BCUT2D eigenvalue weighted by Gasteiger charge is 2.16. The molecule has 2 heteroatoms. The lowest BCUT2D eigenvalue weighted by Gasteiger charge is -2.22. The van der Waals surface area contributed by atoms with Gasteiger partial charge in [-0.25, -0.2) is 0 Å². The highest BCUT2D eigenvalue weighted by atomic mass is 15.1. The number of hydrogen-bond donors (Lipinski definition) is 1. The molecule has 1 saturated heterocycles. The van der Waals surface area contributed by atoms with Crippen LogP contribution < -0.4 is 5.73 Å². The molecule has 0 radical (unpaired) electrons. The Bertz CT molecular complexity index is 166. The molecule has 1 fully saturated rings. The topological polar surface area (TPSA) is 29.3 Å². The summed E-state index contributed by atoms with van der Waals surface area (Å²) in [5, 5.41) is 0. The van der Waals surface area contributed by atoms with Crippen molar-refractivity contribution in [2.75, 3.05) is 26.2 Å². The molecule has 2 nitrogen and oxygen atoms in total. The summed E-state index contributed by atoms with van der Waals surface area (Å²) in [6.45, 7) is 9.36. The molecule has 2 atom stereocenters. The average Bonchev–Trinajstić information content (AvgIpc) is 2.55. The van der Waals surface area contributed by atoms with Crippen LogP contribution in [0.1, 0.15) is 52.4 Å². The van der Waals surface area contributed by atoms with Gasteiger partial charge in [-0.1, -0.05) is 26.7 Å². The Labute approximate surface area is 102 Å². The zero-order valence-electron chi connectivity index (χ0n) is 11.3. The van der Waals surface area contributed by atoms with Gasteiger partial charge < -0.3 is 10.6 Å². The van der Waals surface area contributed by atoms with Gasteiger partial charge in [-0.15, -0.1) is 0 Å². The van der Waals surface area contributed by atoms with Crippen molar-refractivity contribution < 1.29 is 0 Å². The number of hydrogen-bond acceptors (Lipinski definition) is 2. The molecule has 0 aromatic carbocycles. The van der Waals surface area contributed by atoms with Crippen LogP contribution in [0.2, 0.25) is 0 Å². The van der Waals surface area contributed by atoms with Gasteiger partial charge >= 0.3 is 0 Å². The zero-order valence-corrected chi connectivity index (χ0v) is 11.3. The Morgan fingerprint density at radius 3 is 2.69 bits per heavy atom. The van der Waals surface area contributed by atoms with Crippen molar-refractivity contribution in [3.8, 4) is 0 Å². The first-order chi connectivity index (χ1) is 7.80. The molecule has 16 heavy (non-hydrogen) atoms. The van der Waals surface area contributed by atoms with E-state index in [1.54, 1.807) is 0 Å². The van der Waals surface area contributed by atoms with Gasteiger partial charge in [0.05, 0.1) is 0 Å². The van der Waals surface area contributed by atoms with E-state index in [1.807, 2.05) is 0 Å². The van der Waals surface area contributed by atoms with E-state index in [4.69, 9.17) is 5.73 Å². The number of likely N-dealkylation sites (tertiary alicyclic amines) is 1. The van der Waals surface area contributed by atoms with E-state index in [0.717, 1.165) is 18.4 Å². The third-order valence-electron chi connectivity index (χ3n) is 4.28. The van der Waals surface area contributed by atoms with E-state index < -0.39 is 0 Å². The summed E-state index contributed by atoms with van der Waals surface area (Å²) in [6.07, 6.45) is 8.16. The van der Waals surface area contributed by atoms with E-state index in [0.29, 0.717) is 0 Å². The van der Waals surface area contributed by atoms with Crippen LogP contribution >= 0.6 is 0 Å². The maximum absolute atomic E-state index is 5.75. The van der Waals surface area contributed by atoms with E-state index in [-0.39, 0.29) is 0 Å². The van der Waals surface area contributed by atoms with E-state index in [1.165, 1.54) is 58.2 Å². The first kappa shape index (κ1) is 14.0. The SMILES string of the molecule is CCC(CN)CCN1CCCC(CC)CC1. The van der Waals surface area contributed by atoms with Gasteiger partial charge in [0.25, 0.3) is 0 Å². The van der Waals surface area contributed by atoms with E-state index in [2.05, 4.69) is 18.7 Å². The van der Waals surface area contributed by atoms with Gasteiger partial charge in [0.1, 0.15) is 0 Å². The van der Waals surface area contributed by atoms with Gasteiger partial charge in [-0.3, -0.25) is 0 Å². The molecule has 1 heterocycles. The van der Waals surface area contributed by atoms with Crippen LogP contribution in [0.5, 0.6) is 0 Å². The summed E-state index contributed by atoms with van der Waals surface area (Å²) in [4.78, 5) is 2.66. The maximum Gasteiger partial charge on any atom is -0.00156 e. The van der Waals surface area contributed by atoms with Crippen LogP contribution in [0.25, 0.3) is 0 Å². The van der Waals surface area contributed by atoms with Crippen LogP contribution in [-0.4, -0.2) is 31.1 Å². The largest absolute Gasteiger partial charge is 0.330 e. The van der Waals surface area contributed by atoms with Crippen LogP contribution in [0.4, 0.5) is 0 Å². The standard InChI is InChI=1S/C14H30N2/c1-3-13-6-5-9-16(10-7-13)11-8-14(4-2)12-15/h13-14H,3-12,15H2,1-2H3. The van der Waals surface area contributed by atoms with Crippen LogP contribution in [0.3, 0.4) is 0 Å². The third kappa shape index (κ3) is 4.84. The number of rotatable bonds is 6. The van der Waals surface area contributed by atoms with Crippen molar-refractivity contribution in [2.45, 2.75) is 52.4 Å². The second-order valence-corrected chi connectivity index (χ2v) is 5.35. The summed E-state index contributed by atoms with van der Waals surface area (Å²) < 4.78 is 0. The molecular formula is C14H30N2. The lowest BCUT2D eigenvalue weighted by atomic mass is 9.98. The van der Waals surface area contributed by atoms with Crippen molar-refractivity contribution in [1.82, 2.24) is 4.90 Å². The summed E-state index contributed by atoms with van der Waals surface area (Å²) >= 11 is 0. The molecule has 0 saturated carbocycles. The Kier molecular flexibility index (Phi) is 7.06. The summed E-state index contributed by atoms with van der Waals surface area (Å²) in [6, 6.07) is 0. The smallest absolute Gasteiger partial charge is 0.00156 e. The molecule has 0 aromatic heterocycles. The van der Waals surface area contributed by atoms with Crippen molar-refractivity contribution >= 4 is 0 Å². The van der Waals surface area contributed by atoms with E-state index in [9.17, 15) is 0 Å². The van der Waals surface area contributed by atoms with Gasteiger partial charge in [0.15, 0.2) is 0 Å². The van der Waals surface area contributed by atoms with E-state index >= 15 is 0 Å². The third-order valence-corrected chi connectivity index (χ3v) is 4.28. The van der Waals surface area contributed by atoms with Gasteiger partial charge in [0.2, 0.25) is 0 Å². The van der Waals surface area contributed by atoms with Gasteiger partial charge in [0, 0.05) is 0 Å². The lowest BCUT2D eigenvalue weighted by Crippen LogP contribution is -2.28. The normalized spacial score (nSPS) is 25.3. The fourth-order valence-electron chi connectivity index (χ4n) is 2.71. The molecule has 0 amide bonds. The maximum atomic E-state index is 5.75. The van der Waals surface area contributed by atoms with Gasteiger partial charge in [-0.05, 0) is 63.7 Å². The van der Waals surface area contributed by atoms with Crippen molar-refractivity contribution in [3.05, 3.63) is 0 Å². The molecule has 1 aliphatic rings. The molecule has 0 aliphatic carbocycles. The molecule has 2 unspecified atom stereocenters. The number of nitrogens with two attached hydrogens (primary N) is 1. The summed E-state index contributed by atoms with van der Waals surface area (Å²) in [7, 11) is 0. The highest BCUT2D eigenvalue weighted by Crippen LogP contribution is 2.20. The molecule has 1 aliphatic heterocycles. The minimum Gasteiger partial charge on any atom is -0.330 e. The summed E-state index contributed by atoms with van der Waals surface area (Å²) in [5.41, 5.74) is 5.75. The minimum absolute atomic E-state index is 0.741. The fourth-order valence-corrected chi connectivity index (χ4v) is 2.71. The molecular weight excluding hydrogens is 196 g/mol. The second-order valence-electron chi connectivity index (χ2n) is 5.35. The molecule has 0 aromatic rings. The minimum atomic E-state index is 0.741. The monoisotopic (exact) mass is 226 g/mol. The first-order valence-corrected chi connectivity index (χ1v) is 7.22. The Morgan fingerprint density at radius 1 is 1.25 bits per heavy atom. The Hall–Kier alpha value is -0.0800. The lowest BCUT2D eigenvalue weighted by molar-refractivity contribution is 0.255. The second kappa shape index (κ2) is 8.08. The molecule has 96 valence electrons. The number of nitrogens with zero attached hydrogens (tertiary/aromatic N) is 1. The molecule has 0 bridgehead atoms. The fraction of sp³-hybridized carbons (Fsp3) is 1.00.